The number of nitrogens with zero attached hydrogens (tertiary/aromatic N) is 2. The minimum absolute atomic E-state index is 0.0448. The number of nitrogens with one attached hydrogen (secondary N) is 1. The van der Waals surface area contributed by atoms with Crippen molar-refractivity contribution in [2.75, 3.05) is 16.1 Å². The van der Waals surface area contributed by atoms with E-state index >= 15 is 0 Å². The van der Waals surface area contributed by atoms with Crippen LogP contribution in [0.15, 0.2) is 23.3 Å². The summed E-state index contributed by atoms with van der Waals surface area (Å²) in [5, 5.41) is 8.41. The highest BCUT2D eigenvalue weighted by Gasteiger charge is 2.22. The lowest BCUT2D eigenvalue weighted by Crippen LogP contribution is -2.28. The first kappa shape index (κ1) is 16.5. The van der Waals surface area contributed by atoms with Crippen molar-refractivity contribution in [3.05, 3.63) is 18.2 Å². The average Bonchev–Trinajstić information content (AvgIpc) is 2.86. The maximum atomic E-state index is 12.5. The molecule has 2 amide bonds. The van der Waals surface area contributed by atoms with Gasteiger partial charge in [0.1, 0.15) is 0 Å². The highest BCUT2D eigenvalue weighted by atomic mass is 16.2. The summed E-state index contributed by atoms with van der Waals surface area (Å²) >= 11 is 0. The summed E-state index contributed by atoms with van der Waals surface area (Å²) in [5.74, 6) is 0.0652. The van der Waals surface area contributed by atoms with E-state index in [2.05, 4.69) is 10.4 Å². The van der Waals surface area contributed by atoms with Crippen LogP contribution in [0, 0.1) is 5.92 Å². The van der Waals surface area contributed by atoms with Crippen molar-refractivity contribution < 1.29 is 9.59 Å². The second-order valence-corrected chi connectivity index (χ2v) is 6.49. The molecule has 1 saturated carbocycles. The summed E-state index contributed by atoms with van der Waals surface area (Å²) in [7, 11) is 0. The number of nitrogen functional groups attached to an aromatic ring is 1. The second-order valence-electron chi connectivity index (χ2n) is 6.49. The van der Waals surface area contributed by atoms with E-state index in [0.29, 0.717) is 29.9 Å². The molecule has 1 aliphatic carbocycles. The second kappa shape index (κ2) is 7.47. The molecule has 24 heavy (non-hydrogen) atoms. The number of amides is 2. The number of carbonyl (C=O) groups excluding carboxylic acids is 2. The Morgan fingerprint density at radius 2 is 1.96 bits per heavy atom. The SMILES string of the molecule is Nc1cc(N2N=CCCC2=O)ccc1NC(=O)C1CCCCCC1. The highest BCUT2D eigenvalue weighted by Crippen LogP contribution is 2.29. The summed E-state index contributed by atoms with van der Waals surface area (Å²) in [5.41, 5.74) is 7.75. The van der Waals surface area contributed by atoms with Crippen LogP contribution < -0.4 is 16.1 Å². The maximum absolute atomic E-state index is 12.5. The quantitative estimate of drug-likeness (QED) is 0.659. The van der Waals surface area contributed by atoms with Gasteiger partial charge in [0.05, 0.1) is 17.1 Å². The molecule has 6 heteroatoms. The van der Waals surface area contributed by atoms with Gasteiger partial charge in [-0.2, -0.15) is 5.10 Å². The van der Waals surface area contributed by atoms with Crippen LogP contribution in [0.25, 0.3) is 0 Å². The Kier molecular flexibility index (Phi) is 5.13. The van der Waals surface area contributed by atoms with E-state index in [0.717, 1.165) is 25.7 Å². The normalized spacial score (nSPS) is 19.2. The van der Waals surface area contributed by atoms with E-state index in [1.54, 1.807) is 24.4 Å². The van der Waals surface area contributed by atoms with Crippen LogP contribution in [0.3, 0.4) is 0 Å². The highest BCUT2D eigenvalue weighted by molar-refractivity contribution is 5.99. The molecule has 0 radical (unpaired) electrons. The number of benzene rings is 1. The average molecular weight is 328 g/mol. The molecule has 1 aliphatic heterocycles. The summed E-state index contributed by atoms with van der Waals surface area (Å²) in [6.07, 6.45) is 9.38. The van der Waals surface area contributed by atoms with Crippen molar-refractivity contribution in [3.8, 4) is 0 Å². The van der Waals surface area contributed by atoms with Crippen molar-refractivity contribution >= 4 is 35.1 Å². The zero-order valence-electron chi connectivity index (χ0n) is 13.8. The number of anilines is 3. The Morgan fingerprint density at radius 3 is 2.62 bits per heavy atom. The topological polar surface area (TPSA) is 87.8 Å². The lowest BCUT2D eigenvalue weighted by Gasteiger charge is -2.21. The standard InChI is InChI=1S/C18H24N4O2/c19-15-12-14(22-17(23)8-5-11-20-22)9-10-16(15)21-18(24)13-6-3-1-2-4-7-13/h9-13H,1-8,19H2,(H,21,24). The molecular formula is C18H24N4O2. The van der Waals surface area contributed by atoms with E-state index in [1.165, 1.54) is 17.9 Å². The van der Waals surface area contributed by atoms with Crippen molar-refractivity contribution in [3.63, 3.8) is 0 Å². The van der Waals surface area contributed by atoms with E-state index in [9.17, 15) is 9.59 Å². The fourth-order valence-electron chi connectivity index (χ4n) is 3.28. The van der Waals surface area contributed by atoms with Gasteiger partial charge in [-0.3, -0.25) is 9.59 Å². The smallest absolute Gasteiger partial charge is 0.247 e. The van der Waals surface area contributed by atoms with Crippen LogP contribution in [0.5, 0.6) is 0 Å². The van der Waals surface area contributed by atoms with Crippen LogP contribution in [0.2, 0.25) is 0 Å². The summed E-state index contributed by atoms with van der Waals surface area (Å²) in [4.78, 5) is 24.4. The van der Waals surface area contributed by atoms with Gasteiger partial charge in [-0.25, -0.2) is 5.01 Å². The summed E-state index contributed by atoms with van der Waals surface area (Å²) in [6.45, 7) is 0. The van der Waals surface area contributed by atoms with Crippen LogP contribution in [0.1, 0.15) is 51.4 Å². The van der Waals surface area contributed by atoms with Gasteiger partial charge >= 0.3 is 0 Å². The molecular weight excluding hydrogens is 304 g/mol. The first-order chi connectivity index (χ1) is 11.6. The number of hydrogen-bond acceptors (Lipinski definition) is 4. The van der Waals surface area contributed by atoms with E-state index in [-0.39, 0.29) is 17.7 Å². The lowest BCUT2D eigenvalue weighted by atomic mass is 9.99. The minimum Gasteiger partial charge on any atom is -0.397 e. The Bertz CT molecular complexity index is 648. The van der Waals surface area contributed by atoms with Gasteiger partial charge in [0.15, 0.2) is 0 Å². The van der Waals surface area contributed by atoms with Gasteiger partial charge < -0.3 is 11.1 Å². The van der Waals surface area contributed by atoms with Crippen LogP contribution in [0.4, 0.5) is 17.1 Å². The number of nitrogens with two attached hydrogens (primary N) is 1. The molecule has 0 atom stereocenters. The van der Waals surface area contributed by atoms with Crippen molar-refractivity contribution in [2.45, 2.75) is 51.4 Å². The van der Waals surface area contributed by atoms with Gasteiger partial charge in [0.2, 0.25) is 11.8 Å². The first-order valence-electron chi connectivity index (χ1n) is 8.71. The van der Waals surface area contributed by atoms with Crippen molar-refractivity contribution in [1.82, 2.24) is 0 Å². The molecule has 0 unspecified atom stereocenters. The zero-order valence-corrected chi connectivity index (χ0v) is 13.8. The summed E-state index contributed by atoms with van der Waals surface area (Å²) in [6, 6.07) is 5.19. The van der Waals surface area contributed by atoms with E-state index < -0.39 is 0 Å². The predicted molar refractivity (Wildman–Crippen MR) is 95.9 cm³/mol. The third-order valence-electron chi connectivity index (χ3n) is 4.68. The molecule has 0 bridgehead atoms. The van der Waals surface area contributed by atoms with Gasteiger partial charge in [-0.15, -0.1) is 0 Å². The third-order valence-corrected chi connectivity index (χ3v) is 4.68. The van der Waals surface area contributed by atoms with Crippen molar-refractivity contribution in [1.29, 1.82) is 0 Å². The molecule has 2 aliphatic rings. The Balaban J connectivity index is 1.70. The molecule has 1 fully saturated rings. The predicted octanol–water partition coefficient (Wildman–Crippen LogP) is 3.29. The Hall–Kier alpha value is -2.37. The molecule has 128 valence electrons. The number of hydrogen-bond donors (Lipinski definition) is 2. The molecule has 6 nitrogen and oxygen atoms in total. The maximum Gasteiger partial charge on any atom is 0.247 e. The fraction of sp³-hybridized carbons (Fsp3) is 0.500. The zero-order chi connectivity index (χ0) is 16.9. The molecule has 3 N–H and O–H groups in total. The largest absolute Gasteiger partial charge is 0.397 e. The number of hydrazone groups is 1. The van der Waals surface area contributed by atoms with Gasteiger partial charge in [0.25, 0.3) is 0 Å². The molecule has 0 saturated heterocycles. The first-order valence-corrected chi connectivity index (χ1v) is 8.71. The van der Waals surface area contributed by atoms with Crippen LogP contribution in [-0.2, 0) is 9.59 Å². The molecule has 1 aromatic carbocycles. The van der Waals surface area contributed by atoms with Crippen LogP contribution >= 0.6 is 0 Å². The molecule has 0 aromatic heterocycles. The van der Waals surface area contributed by atoms with Crippen LogP contribution in [-0.4, -0.2) is 18.0 Å². The number of rotatable bonds is 3. The van der Waals surface area contributed by atoms with Gasteiger partial charge in [-0.05, 0) is 37.5 Å². The fourth-order valence-corrected chi connectivity index (χ4v) is 3.28. The molecule has 3 rings (SSSR count). The Labute approximate surface area is 142 Å². The van der Waals surface area contributed by atoms with Gasteiger partial charge in [-0.1, -0.05) is 25.7 Å². The minimum atomic E-state index is -0.0489. The van der Waals surface area contributed by atoms with Crippen molar-refractivity contribution in [2.24, 2.45) is 11.0 Å². The Morgan fingerprint density at radius 1 is 1.21 bits per heavy atom. The van der Waals surface area contributed by atoms with E-state index in [1.807, 2.05) is 0 Å². The summed E-state index contributed by atoms with van der Waals surface area (Å²) < 4.78 is 0. The van der Waals surface area contributed by atoms with Gasteiger partial charge in [0, 0.05) is 18.6 Å². The molecule has 1 aromatic rings. The number of carbonyl (C=O) groups is 2. The third kappa shape index (κ3) is 3.75. The van der Waals surface area contributed by atoms with E-state index in [4.69, 9.17) is 5.73 Å². The molecule has 1 heterocycles. The monoisotopic (exact) mass is 328 g/mol. The molecule has 0 spiro atoms. The lowest BCUT2D eigenvalue weighted by molar-refractivity contribution is -0.120.